The molecule has 14 heteroatoms. The van der Waals surface area contributed by atoms with E-state index in [2.05, 4.69) is 10.6 Å². The normalized spacial score (nSPS) is 30.6. The molecule has 1 spiro atoms. The van der Waals surface area contributed by atoms with Crippen LogP contribution in [-0.4, -0.2) is 84.0 Å². The summed E-state index contributed by atoms with van der Waals surface area (Å²) in [5, 5.41) is 7.21. The lowest BCUT2D eigenvalue weighted by Crippen LogP contribution is -2.61. The molecule has 2 aliphatic heterocycles. The Kier molecular flexibility index (Phi) is 6.94. The number of nitrogens with zero attached hydrogens (tertiary/aromatic N) is 1. The average Bonchev–Trinajstić information content (AvgIpc) is 3.54. The van der Waals surface area contributed by atoms with Crippen LogP contribution in [0.4, 0.5) is 13.2 Å². The van der Waals surface area contributed by atoms with Crippen molar-refractivity contribution in [2.45, 2.75) is 82.4 Å². The highest BCUT2D eigenvalue weighted by atomic mass is 19.4. The Hall–Kier alpha value is -2.90. The van der Waals surface area contributed by atoms with Gasteiger partial charge in [0, 0.05) is 25.1 Å². The summed E-state index contributed by atoms with van der Waals surface area (Å²) in [6, 6.07) is -3.98. The summed E-state index contributed by atoms with van der Waals surface area (Å²) in [7, 11) is 1.18. The molecular formula is C24H34F3N5O6. The molecule has 4 rings (SSSR count). The first-order valence-corrected chi connectivity index (χ1v) is 12.6. The van der Waals surface area contributed by atoms with E-state index in [0.29, 0.717) is 6.42 Å². The fourth-order valence-corrected chi connectivity index (χ4v) is 6.17. The van der Waals surface area contributed by atoms with Gasteiger partial charge in [0.1, 0.15) is 18.1 Å². The molecule has 0 aromatic heterocycles. The summed E-state index contributed by atoms with van der Waals surface area (Å²) in [6.45, 7) is 5.24. The molecular weight excluding hydrogens is 511 g/mol. The topological polar surface area (TPSA) is 160 Å². The molecule has 3 unspecified atom stereocenters. The van der Waals surface area contributed by atoms with E-state index in [1.807, 2.05) is 13.8 Å². The minimum absolute atomic E-state index is 0.00220. The molecule has 2 heterocycles. The molecule has 7 atom stereocenters. The van der Waals surface area contributed by atoms with Crippen LogP contribution in [0.1, 0.15) is 46.5 Å². The Morgan fingerprint density at radius 3 is 2.34 bits per heavy atom. The molecule has 5 amide bonds. The molecule has 38 heavy (non-hydrogen) atoms. The van der Waals surface area contributed by atoms with E-state index in [1.165, 1.54) is 14.0 Å². The van der Waals surface area contributed by atoms with Crippen molar-refractivity contribution in [2.75, 3.05) is 13.7 Å². The number of halogens is 3. The second-order valence-electron chi connectivity index (χ2n) is 11.6. The first-order valence-electron chi connectivity index (χ1n) is 12.6. The number of amides is 5. The summed E-state index contributed by atoms with van der Waals surface area (Å²) in [5.74, 6) is -5.88. The number of alkyl halides is 3. The predicted octanol–water partition coefficient (Wildman–Crippen LogP) is -0.420. The summed E-state index contributed by atoms with van der Waals surface area (Å²) in [6.07, 6.45) is -4.11. The van der Waals surface area contributed by atoms with Gasteiger partial charge in [0.05, 0.1) is 6.10 Å². The van der Waals surface area contributed by atoms with Crippen LogP contribution in [0.15, 0.2) is 0 Å². The van der Waals surface area contributed by atoms with Gasteiger partial charge in [-0.05, 0) is 49.9 Å². The summed E-state index contributed by atoms with van der Waals surface area (Å²) in [5.41, 5.74) is 4.98. The van der Waals surface area contributed by atoms with Crippen molar-refractivity contribution in [2.24, 2.45) is 28.9 Å². The molecule has 0 aromatic carbocycles. The average molecular weight is 546 g/mol. The number of primary amides is 1. The maximum absolute atomic E-state index is 13.5. The first-order chi connectivity index (χ1) is 17.5. The van der Waals surface area contributed by atoms with Crippen molar-refractivity contribution in [1.29, 1.82) is 0 Å². The van der Waals surface area contributed by atoms with Crippen LogP contribution in [0.2, 0.25) is 0 Å². The van der Waals surface area contributed by atoms with Gasteiger partial charge in [-0.1, -0.05) is 13.8 Å². The Morgan fingerprint density at radius 1 is 1.21 bits per heavy atom. The number of methoxy groups -OCH3 is 1. The fourth-order valence-electron chi connectivity index (χ4n) is 6.17. The number of fused-ring (bicyclic) bond motifs is 1. The molecule has 11 nitrogen and oxygen atoms in total. The lowest BCUT2D eigenvalue weighted by molar-refractivity contribution is -0.176. The van der Waals surface area contributed by atoms with Crippen LogP contribution in [-0.2, 0) is 28.7 Å². The summed E-state index contributed by atoms with van der Waals surface area (Å²) < 4.78 is 43.9. The quantitative estimate of drug-likeness (QED) is 0.308. The zero-order valence-electron chi connectivity index (χ0n) is 21.7. The van der Waals surface area contributed by atoms with Gasteiger partial charge in [0.2, 0.25) is 23.6 Å². The molecule has 4 fully saturated rings. The predicted molar refractivity (Wildman–Crippen MR) is 125 cm³/mol. The van der Waals surface area contributed by atoms with Crippen molar-refractivity contribution >= 4 is 29.5 Å². The van der Waals surface area contributed by atoms with E-state index in [1.54, 1.807) is 5.32 Å². The molecule has 212 valence electrons. The van der Waals surface area contributed by atoms with E-state index in [0.717, 1.165) is 17.7 Å². The van der Waals surface area contributed by atoms with Crippen LogP contribution in [0.25, 0.3) is 0 Å². The highest BCUT2D eigenvalue weighted by Gasteiger charge is 2.70. The minimum Gasteiger partial charge on any atom is -0.379 e. The van der Waals surface area contributed by atoms with E-state index >= 15 is 0 Å². The van der Waals surface area contributed by atoms with Crippen molar-refractivity contribution in [3.05, 3.63) is 0 Å². The molecule has 2 saturated carbocycles. The van der Waals surface area contributed by atoms with Gasteiger partial charge in [0.15, 0.2) is 0 Å². The largest absolute Gasteiger partial charge is 0.471 e. The molecule has 0 radical (unpaired) electrons. The standard InChI is InChI=1S/C24H34F3N5O6/c1-10(38-4)15(30-21(37)24(25,26)27)20(36)32-9-12-14(22(12,2)3)16(32)19(35)29-13(17(28)33)7-11-8-23(5-6-23)31-18(11)34/h10-16H,5-9H2,1-4H3,(H2,28,33)(H,29,35)(H,30,37)(H,31,34)/t10-,11-,12?,13+,14?,15+,16?/m1/s1. The number of carbonyl (C=O) groups excluding carboxylic acids is 5. The van der Waals surface area contributed by atoms with Crippen molar-refractivity contribution in [3.63, 3.8) is 0 Å². The third kappa shape index (κ3) is 5.06. The lowest BCUT2D eigenvalue weighted by Gasteiger charge is -2.35. The molecule has 5 N–H and O–H groups in total. The van der Waals surface area contributed by atoms with Crippen LogP contribution in [0.5, 0.6) is 0 Å². The molecule has 2 saturated heterocycles. The van der Waals surface area contributed by atoms with Crippen molar-refractivity contribution < 1.29 is 41.9 Å². The number of piperidine rings is 1. The highest BCUT2D eigenvalue weighted by molar-refractivity contribution is 5.96. The lowest BCUT2D eigenvalue weighted by atomic mass is 9.94. The summed E-state index contributed by atoms with van der Waals surface area (Å²) in [4.78, 5) is 64.4. The number of nitrogens with two attached hydrogens (primary N) is 1. The SMILES string of the molecule is CO[C@H](C)[C@H](NC(=O)C(F)(F)F)C(=O)N1CC2C(C1C(=O)N[C@@H](C[C@@H]1CC3(CC3)NC1=O)C(N)=O)C2(C)C. The maximum atomic E-state index is 13.5. The second-order valence-corrected chi connectivity index (χ2v) is 11.6. The fraction of sp³-hybridized carbons (Fsp3) is 0.792. The Morgan fingerprint density at radius 2 is 1.84 bits per heavy atom. The zero-order valence-corrected chi connectivity index (χ0v) is 21.7. The number of ether oxygens (including phenoxy) is 1. The molecule has 0 bridgehead atoms. The van der Waals surface area contributed by atoms with E-state index in [-0.39, 0.29) is 41.7 Å². The first kappa shape index (κ1) is 28.1. The summed E-state index contributed by atoms with van der Waals surface area (Å²) >= 11 is 0. The van der Waals surface area contributed by atoms with Crippen molar-refractivity contribution in [3.8, 4) is 0 Å². The molecule has 2 aliphatic carbocycles. The Labute approximate surface area is 217 Å². The van der Waals surface area contributed by atoms with Gasteiger partial charge in [0.25, 0.3) is 0 Å². The number of rotatable bonds is 9. The second kappa shape index (κ2) is 9.38. The van der Waals surface area contributed by atoms with E-state index in [9.17, 15) is 37.1 Å². The number of hydrogen-bond acceptors (Lipinski definition) is 6. The molecule has 4 aliphatic rings. The van der Waals surface area contributed by atoms with Gasteiger partial charge < -0.3 is 31.3 Å². The number of nitrogens with one attached hydrogen (secondary N) is 3. The van der Waals surface area contributed by atoms with Crippen LogP contribution < -0.4 is 21.7 Å². The van der Waals surface area contributed by atoms with Crippen LogP contribution >= 0.6 is 0 Å². The van der Waals surface area contributed by atoms with Crippen molar-refractivity contribution in [1.82, 2.24) is 20.9 Å². The third-order valence-electron chi connectivity index (χ3n) is 8.84. The van der Waals surface area contributed by atoms with Gasteiger partial charge in [-0.15, -0.1) is 0 Å². The number of likely N-dealkylation sites (tertiary alicyclic amines) is 1. The number of hydrogen-bond donors (Lipinski definition) is 4. The van der Waals surface area contributed by atoms with E-state index < -0.39 is 60.0 Å². The Bertz CT molecular complexity index is 1050. The third-order valence-corrected chi connectivity index (χ3v) is 8.84. The van der Waals surface area contributed by atoms with Crippen LogP contribution in [0, 0.1) is 23.2 Å². The highest BCUT2D eigenvalue weighted by Crippen LogP contribution is 2.65. The van der Waals surface area contributed by atoms with E-state index in [4.69, 9.17) is 10.5 Å². The zero-order chi connectivity index (χ0) is 28.4. The van der Waals surface area contributed by atoms with Gasteiger partial charge in [-0.25, -0.2) is 0 Å². The maximum Gasteiger partial charge on any atom is 0.471 e. The minimum atomic E-state index is -5.22. The number of carbonyl (C=O) groups is 5. The smallest absolute Gasteiger partial charge is 0.379 e. The van der Waals surface area contributed by atoms with Gasteiger partial charge in [-0.3, -0.25) is 24.0 Å². The monoisotopic (exact) mass is 545 g/mol. The van der Waals surface area contributed by atoms with Gasteiger partial charge >= 0.3 is 12.1 Å². The Balaban J connectivity index is 1.52. The molecule has 0 aromatic rings. The van der Waals surface area contributed by atoms with Crippen LogP contribution in [0.3, 0.4) is 0 Å². The van der Waals surface area contributed by atoms with Gasteiger partial charge in [-0.2, -0.15) is 13.2 Å².